The molecule has 1 amide bonds. The highest BCUT2D eigenvalue weighted by atomic mass is 16.2. The van der Waals surface area contributed by atoms with Gasteiger partial charge in [0.15, 0.2) is 0 Å². The first-order chi connectivity index (χ1) is 8.02. The van der Waals surface area contributed by atoms with Crippen molar-refractivity contribution in [1.29, 1.82) is 0 Å². The Morgan fingerprint density at radius 3 is 2.53 bits per heavy atom. The number of Topliss-reactive ketones (excluding diaryl/α,β-unsaturated/α-hetero) is 1. The molecule has 0 saturated heterocycles. The molecule has 0 aromatic heterocycles. The molecule has 3 N–H and O–H groups in total. The Bertz CT molecular complexity index is 244. The second-order valence-corrected chi connectivity index (χ2v) is 4.34. The van der Waals surface area contributed by atoms with Crippen LogP contribution in [0.2, 0.25) is 0 Å². The molecule has 0 unspecified atom stereocenters. The summed E-state index contributed by atoms with van der Waals surface area (Å²) in [7, 11) is 1.80. The molecule has 0 radical (unpaired) electrons. The highest BCUT2D eigenvalue weighted by Gasteiger charge is 2.20. The molecule has 0 aromatic rings. The summed E-state index contributed by atoms with van der Waals surface area (Å²) in [5.74, 6) is 5.36. The molecule has 0 heterocycles. The van der Waals surface area contributed by atoms with Gasteiger partial charge in [0.05, 0.1) is 0 Å². The van der Waals surface area contributed by atoms with Gasteiger partial charge in [-0.05, 0) is 20.4 Å². The molecule has 0 rings (SSSR count). The van der Waals surface area contributed by atoms with E-state index in [0.717, 1.165) is 19.3 Å². The Morgan fingerprint density at radius 2 is 2.06 bits per heavy atom. The quantitative estimate of drug-likeness (QED) is 0.355. The summed E-state index contributed by atoms with van der Waals surface area (Å²) in [5.41, 5.74) is 0. The van der Waals surface area contributed by atoms with Gasteiger partial charge in [-0.15, -0.1) is 0 Å². The van der Waals surface area contributed by atoms with Crippen molar-refractivity contribution < 1.29 is 9.59 Å². The molecule has 0 aliphatic rings. The van der Waals surface area contributed by atoms with E-state index >= 15 is 0 Å². The summed E-state index contributed by atoms with van der Waals surface area (Å²) < 4.78 is 0. The predicted molar refractivity (Wildman–Crippen MR) is 68.1 cm³/mol. The lowest BCUT2D eigenvalue weighted by Gasteiger charge is -2.19. The van der Waals surface area contributed by atoms with Crippen molar-refractivity contribution in [2.24, 2.45) is 11.8 Å². The third-order valence-electron chi connectivity index (χ3n) is 2.83. The summed E-state index contributed by atoms with van der Waals surface area (Å²) in [5, 5.41) is 4.12. The number of carbonyl (C=O) groups is 2. The number of likely N-dealkylation sites (N-methyl/N-ethyl adjacent to an activating group) is 1. The Hall–Kier alpha value is -0.940. The topological polar surface area (TPSA) is 75.4 Å². The molecule has 5 nitrogen and oxygen atoms in total. The Labute approximate surface area is 104 Å². The van der Waals surface area contributed by atoms with E-state index in [0.29, 0.717) is 13.1 Å². The lowest BCUT2D eigenvalue weighted by atomic mass is 9.94. The van der Waals surface area contributed by atoms with Gasteiger partial charge in [0.2, 0.25) is 5.91 Å². The summed E-state index contributed by atoms with van der Waals surface area (Å²) in [6, 6.07) is 0. The maximum absolute atomic E-state index is 11.7. The molecule has 5 heteroatoms. The van der Waals surface area contributed by atoms with E-state index < -0.39 is 0 Å². The van der Waals surface area contributed by atoms with E-state index in [9.17, 15) is 9.59 Å². The van der Waals surface area contributed by atoms with Gasteiger partial charge in [-0.25, -0.2) is 5.84 Å². The number of amides is 1. The smallest absolute Gasteiger partial charge is 0.237 e. The number of unbranched alkanes of at least 4 members (excludes halogenated alkanes) is 1. The summed E-state index contributed by atoms with van der Waals surface area (Å²) >= 11 is 0. The lowest BCUT2D eigenvalue weighted by Crippen LogP contribution is -2.42. The molecule has 0 aliphatic heterocycles. The number of carbonyl (C=O) groups excluding carboxylic acids is 2. The lowest BCUT2D eigenvalue weighted by molar-refractivity contribution is -0.135. The van der Waals surface area contributed by atoms with Gasteiger partial charge in [0, 0.05) is 25.4 Å². The minimum Gasteiger partial charge on any atom is -0.318 e. The van der Waals surface area contributed by atoms with Crippen molar-refractivity contribution in [3.8, 4) is 0 Å². The minimum absolute atomic E-state index is 0.0776. The van der Waals surface area contributed by atoms with Crippen LogP contribution in [-0.2, 0) is 9.59 Å². The van der Waals surface area contributed by atoms with Gasteiger partial charge in [-0.3, -0.25) is 14.6 Å². The Morgan fingerprint density at radius 1 is 1.41 bits per heavy atom. The molecule has 0 aromatic carbocycles. The summed E-state index contributed by atoms with van der Waals surface area (Å²) in [6.07, 6.45) is 3.01. The number of rotatable bonds is 9. The highest BCUT2D eigenvalue weighted by Crippen LogP contribution is 2.14. The third kappa shape index (κ3) is 7.07. The van der Waals surface area contributed by atoms with Crippen LogP contribution >= 0.6 is 0 Å². The van der Waals surface area contributed by atoms with Crippen molar-refractivity contribution in [1.82, 2.24) is 10.3 Å². The van der Waals surface area contributed by atoms with Crippen LogP contribution < -0.4 is 11.2 Å². The largest absolute Gasteiger partial charge is 0.318 e. The number of nitrogens with one attached hydrogen (secondary N) is 1. The monoisotopic (exact) mass is 243 g/mol. The van der Waals surface area contributed by atoms with Crippen LogP contribution in [0.25, 0.3) is 0 Å². The maximum atomic E-state index is 11.7. The van der Waals surface area contributed by atoms with Crippen LogP contribution in [0.4, 0.5) is 0 Å². The zero-order valence-corrected chi connectivity index (χ0v) is 11.2. The van der Waals surface area contributed by atoms with E-state index in [1.807, 2.05) is 0 Å². The zero-order chi connectivity index (χ0) is 13.3. The molecule has 17 heavy (non-hydrogen) atoms. The normalized spacial score (nSPS) is 12.2. The number of nitrogens with two attached hydrogens (primary N) is 1. The Kier molecular flexibility index (Phi) is 8.62. The van der Waals surface area contributed by atoms with E-state index in [-0.39, 0.29) is 24.0 Å². The molecule has 100 valence electrons. The second-order valence-electron chi connectivity index (χ2n) is 4.34. The van der Waals surface area contributed by atoms with Gasteiger partial charge in [-0.2, -0.15) is 0 Å². The highest BCUT2D eigenvalue weighted by molar-refractivity contribution is 5.85. The fourth-order valence-electron chi connectivity index (χ4n) is 1.58. The first kappa shape index (κ1) is 16.1. The maximum Gasteiger partial charge on any atom is 0.237 e. The van der Waals surface area contributed by atoms with Crippen LogP contribution in [-0.4, -0.2) is 36.8 Å². The Balaban J connectivity index is 4.15. The van der Waals surface area contributed by atoms with Crippen LogP contribution in [0, 0.1) is 5.92 Å². The fraction of sp³-hybridized carbons (Fsp3) is 0.833. The summed E-state index contributed by atoms with van der Waals surface area (Å²) in [4.78, 5) is 23.1. The molecule has 0 saturated carbocycles. The van der Waals surface area contributed by atoms with Crippen LogP contribution in [0.1, 0.15) is 39.5 Å². The van der Waals surface area contributed by atoms with E-state index in [1.54, 1.807) is 14.0 Å². The molecular formula is C12H25N3O2. The first-order valence-electron chi connectivity index (χ1n) is 6.23. The molecule has 0 aliphatic carbocycles. The summed E-state index contributed by atoms with van der Waals surface area (Å²) in [6.45, 7) is 4.74. The van der Waals surface area contributed by atoms with Gasteiger partial charge < -0.3 is 5.32 Å². The van der Waals surface area contributed by atoms with Crippen LogP contribution in [0.3, 0.4) is 0 Å². The standard InChI is InChI=1S/C12H25N3O2/c1-4-5-6-11(10(2)16)9-12(17)15(13)8-7-14-3/h11,14H,4-9,13H2,1-3H3/t11-/m1/s1. The predicted octanol–water partition coefficient (Wildman–Crippen LogP) is 0.694. The van der Waals surface area contributed by atoms with Crippen molar-refractivity contribution in [2.45, 2.75) is 39.5 Å². The number of hydrogen-bond acceptors (Lipinski definition) is 4. The van der Waals surface area contributed by atoms with E-state index in [2.05, 4.69) is 12.2 Å². The molecule has 0 spiro atoms. The first-order valence-corrected chi connectivity index (χ1v) is 6.23. The second kappa shape index (κ2) is 9.13. The van der Waals surface area contributed by atoms with E-state index in [1.165, 1.54) is 5.01 Å². The van der Waals surface area contributed by atoms with Crippen molar-refractivity contribution in [3.63, 3.8) is 0 Å². The average Bonchev–Trinajstić information content (AvgIpc) is 2.30. The van der Waals surface area contributed by atoms with Gasteiger partial charge >= 0.3 is 0 Å². The fourth-order valence-corrected chi connectivity index (χ4v) is 1.58. The number of ketones is 1. The van der Waals surface area contributed by atoms with Crippen LogP contribution in [0.5, 0.6) is 0 Å². The van der Waals surface area contributed by atoms with Crippen molar-refractivity contribution >= 4 is 11.7 Å². The van der Waals surface area contributed by atoms with Gasteiger partial charge in [-0.1, -0.05) is 19.8 Å². The van der Waals surface area contributed by atoms with Crippen molar-refractivity contribution in [3.05, 3.63) is 0 Å². The van der Waals surface area contributed by atoms with Gasteiger partial charge in [0.25, 0.3) is 0 Å². The van der Waals surface area contributed by atoms with Gasteiger partial charge in [0.1, 0.15) is 5.78 Å². The number of hydrogen-bond donors (Lipinski definition) is 2. The molecule has 1 atom stereocenters. The molecular weight excluding hydrogens is 218 g/mol. The van der Waals surface area contributed by atoms with E-state index in [4.69, 9.17) is 5.84 Å². The number of nitrogens with zero attached hydrogens (tertiary/aromatic N) is 1. The van der Waals surface area contributed by atoms with Crippen molar-refractivity contribution in [2.75, 3.05) is 20.1 Å². The molecule has 0 fully saturated rings. The number of hydrazine groups is 1. The van der Waals surface area contributed by atoms with Crippen LogP contribution in [0.15, 0.2) is 0 Å². The zero-order valence-electron chi connectivity index (χ0n) is 11.2. The average molecular weight is 243 g/mol. The minimum atomic E-state index is -0.178. The molecule has 0 bridgehead atoms. The third-order valence-corrected chi connectivity index (χ3v) is 2.83. The SMILES string of the molecule is CCCC[C@H](CC(=O)N(N)CCNC)C(C)=O.